The first-order valence-electron chi connectivity index (χ1n) is 9.92. The molecule has 3 aromatic rings. The number of ether oxygens (including phenoxy) is 3. The Morgan fingerprint density at radius 2 is 1.70 bits per heavy atom. The van der Waals surface area contributed by atoms with E-state index in [1.165, 1.54) is 13.2 Å². The van der Waals surface area contributed by atoms with Crippen LogP contribution in [0.5, 0.6) is 17.2 Å². The lowest BCUT2D eigenvalue weighted by Gasteiger charge is -2.15. The fourth-order valence-corrected chi connectivity index (χ4v) is 3.18. The van der Waals surface area contributed by atoms with Crippen molar-refractivity contribution in [3.05, 3.63) is 82.4 Å². The first-order chi connectivity index (χ1) is 15.7. The Morgan fingerprint density at radius 1 is 0.970 bits per heavy atom. The van der Waals surface area contributed by atoms with Gasteiger partial charge in [0.05, 0.1) is 30.0 Å². The minimum absolute atomic E-state index is 0.0120. The van der Waals surface area contributed by atoms with Gasteiger partial charge in [0.15, 0.2) is 11.5 Å². The average molecular weight is 480 g/mol. The van der Waals surface area contributed by atoms with Gasteiger partial charge in [-0.25, -0.2) is 0 Å². The molecule has 0 unspecified atom stereocenters. The molecule has 0 bridgehead atoms. The summed E-state index contributed by atoms with van der Waals surface area (Å²) in [5, 5.41) is 2.43. The highest BCUT2D eigenvalue weighted by Gasteiger charge is 2.31. The first-order valence-corrected chi connectivity index (χ1v) is 10.3. The van der Waals surface area contributed by atoms with Crippen molar-refractivity contribution in [2.75, 3.05) is 19.0 Å². The van der Waals surface area contributed by atoms with Gasteiger partial charge in [0.2, 0.25) is 0 Å². The van der Waals surface area contributed by atoms with Crippen molar-refractivity contribution in [1.82, 2.24) is 0 Å². The lowest BCUT2D eigenvalue weighted by molar-refractivity contribution is -0.137. The maximum atomic E-state index is 13.0. The smallest absolute Gasteiger partial charge is 0.416 e. The van der Waals surface area contributed by atoms with Crippen LogP contribution in [-0.2, 0) is 12.8 Å². The predicted molar refractivity (Wildman–Crippen MR) is 119 cm³/mol. The van der Waals surface area contributed by atoms with Crippen LogP contribution in [0.15, 0.2) is 60.7 Å². The van der Waals surface area contributed by atoms with E-state index in [-0.39, 0.29) is 22.9 Å². The van der Waals surface area contributed by atoms with Gasteiger partial charge in [-0.1, -0.05) is 23.7 Å². The topological polar surface area (TPSA) is 56.8 Å². The Morgan fingerprint density at radius 3 is 2.36 bits per heavy atom. The molecule has 0 fully saturated rings. The molecular weight excluding hydrogens is 459 g/mol. The van der Waals surface area contributed by atoms with Crippen molar-refractivity contribution in [2.24, 2.45) is 0 Å². The van der Waals surface area contributed by atoms with Crippen LogP contribution < -0.4 is 19.5 Å². The van der Waals surface area contributed by atoms with E-state index >= 15 is 0 Å². The number of methoxy groups -OCH3 is 1. The Hall–Kier alpha value is -3.39. The van der Waals surface area contributed by atoms with E-state index < -0.39 is 17.6 Å². The summed E-state index contributed by atoms with van der Waals surface area (Å²) in [6.07, 6.45) is -4.56. The summed E-state index contributed by atoms with van der Waals surface area (Å²) in [5.74, 6) is 0.940. The fraction of sp³-hybridized carbons (Fsp3) is 0.208. The van der Waals surface area contributed by atoms with Gasteiger partial charge in [0, 0.05) is 11.1 Å². The van der Waals surface area contributed by atoms with Gasteiger partial charge in [-0.3, -0.25) is 4.79 Å². The number of rotatable bonds is 8. The second kappa shape index (κ2) is 10.5. The normalized spacial score (nSPS) is 11.1. The molecule has 0 atom stereocenters. The SMILES string of the molecule is CCOc1ccc(C(=O)Nc2cc(C(F)(F)F)ccc2Cl)cc1COc1ccccc1OC. The molecule has 1 amide bonds. The lowest BCUT2D eigenvalue weighted by Crippen LogP contribution is -2.14. The van der Waals surface area contributed by atoms with Gasteiger partial charge < -0.3 is 19.5 Å². The van der Waals surface area contributed by atoms with Crippen LogP contribution in [0.4, 0.5) is 18.9 Å². The highest BCUT2D eigenvalue weighted by molar-refractivity contribution is 6.34. The quantitative estimate of drug-likeness (QED) is 0.395. The van der Waals surface area contributed by atoms with E-state index in [4.69, 9.17) is 25.8 Å². The third-order valence-corrected chi connectivity index (χ3v) is 4.95. The Bertz CT molecular complexity index is 1130. The van der Waals surface area contributed by atoms with Gasteiger partial charge in [0.1, 0.15) is 12.4 Å². The molecule has 0 aliphatic heterocycles. The number of halogens is 4. The van der Waals surface area contributed by atoms with Crippen LogP contribution in [0.1, 0.15) is 28.4 Å². The second-order valence-electron chi connectivity index (χ2n) is 6.84. The zero-order valence-corrected chi connectivity index (χ0v) is 18.6. The third kappa shape index (κ3) is 6.10. The zero-order chi connectivity index (χ0) is 24.0. The molecule has 0 aromatic heterocycles. The first kappa shape index (κ1) is 24.3. The maximum absolute atomic E-state index is 13.0. The summed E-state index contributed by atoms with van der Waals surface area (Å²) in [7, 11) is 1.53. The molecule has 0 spiro atoms. The number of hydrogen-bond donors (Lipinski definition) is 1. The van der Waals surface area contributed by atoms with Crippen LogP contribution in [0, 0.1) is 0 Å². The zero-order valence-electron chi connectivity index (χ0n) is 17.8. The number of carbonyl (C=O) groups excluding carboxylic acids is 1. The van der Waals surface area contributed by atoms with Crippen molar-refractivity contribution in [3.63, 3.8) is 0 Å². The van der Waals surface area contributed by atoms with E-state index in [0.717, 1.165) is 18.2 Å². The van der Waals surface area contributed by atoms with Gasteiger partial charge in [0.25, 0.3) is 5.91 Å². The van der Waals surface area contributed by atoms with Crippen molar-refractivity contribution < 1.29 is 32.2 Å². The molecule has 0 saturated carbocycles. The molecule has 1 N–H and O–H groups in total. The molecule has 0 aliphatic rings. The van der Waals surface area contributed by atoms with Gasteiger partial charge >= 0.3 is 6.18 Å². The number of nitrogens with one attached hydrogen (secondary N) is 1. The number of amides is 1. The molecule has 0 aliphatic carbocycles. The minimum atomic E-state index is -4.56. The monoisotopic (exact) mass is 479 g/mol. The van der Waals surface area contributed by atoms with Crippen LogP contribution in [0.25, 0.3) is 0 Å². The number of carbonyl (C=O) groups is 1. The highest BCUT2D eigenvalue weighted by Crippen LogP contribution is 2.34. The Labute approximate surface area is 194 Å². The number of benzene rings is 3. The fourth-order valence-electron chi connectivity index (χ4n) is 3.02. The van der Waals surface area contributed by atoms with Crippen LogP contribution >= 0.6 is 11.6 Å². The average Bonchev–Trinajstić information content (AvgIpc) is 2.79. The number of hydrogen-bond acceptors (Lipinski definition) is 4. The summed E-state index contributed by atoms with van der Waals surface area (Å²) in [5.41, 5.74) is -0.284. The largest absolute Gasteiger partial charge is 0.493 e. The number of anilines is 1. The van der Waals surface area contributed by atoms with E-state index in [0.29, 0.717) is 29.4 Å². The number of para-hydroxylation sites is 2. The van der Waals surface area contributed by atoms with E-state index in [9.17, 15) is 18.0 Å². The molecule has 0 saturated heterocycles. The molecule has 3 rings (SSSR count). The van der Waals surface area contributed by atoms with Crippen LogP contribution in [0.3, 0.4) is 0 Å². The second-order valence-corrected chi connectivity index (χ2v) is 7.25. The minimum Gasteiger partial charge on any atom is -0.493 e. The van der Waals surface area contributed by atoms with Gasteiger partial charge in [-0.05, 0) is 55.5 Å². The van der Waals surface area contributed by atoms with Crippen LogP contribution in [-0.4, -0.2) is 19.6 Å². The van der Waals surface area contributed by atoms with Crippen molar-refractivity contribution >= 4 is 23.2 Å². The molecule has 33 heavy (non-hydrogen) atoms. The number of alkyl halides is 3. The standard InChI is InChI=1S/C24H21ClF3NO4/c1-3-32-20-11-8-15(12-16(20)14-33-22-7-5-4-6-21(22)31-2)23(30)29-19-13-17(24(26,27)28)9-10-18(19)25/h4-13H,3,14H2,1-2H3,(H,29,30). The molecular formula is C24H21ClF3NO4. The summed E-state index contributed by atoms with van der Waals surface area (Å²) >= 11 is 5.99. The molecule has 174 valence electrons. The van der Waals surface area contributed by atoms with Gasteiger partial charge in [-0.15, -0.1) is 0 Å². The predicted octanol–water partition coefficient (Wildman–Crippen LogP) is 6.60. The molecule has 3 aromatic carbocycles. The lowest BCUT2D eigenvalue weighted by atomic mass is 10.1. The van der Waals surface area contributed by atoms with E-state index in [1.54, 1.807) is 36.4 Å². The van der Waals surface area contributed by atoms with Crippen molar-refractivity contribution in [3.8, 4) is 17.2 Å². The molecule has 0 heterocycles. The Kier molecular flexibility index (Phi) is 7.71. The molecule has 9 heteroatoms. The van der Waals surface area contributed by atoms with Crippen molar-refractivity contribution in [1.29, 1.82) is 0 Å². The molecule has 0 radical (unpaired) electrons. The van der Waals surface area contributed by atoms with Crippen LogP contribution in [0.2, 0.25) is 5.02 Å². The van der Waals surface area contributed by atoms with E-state index in [1.807, 2.05) is 6.92 Å². The van der Waals surface area contributed by atoms with Gasteiger partial charge in [-0.2, -0.15) is 13.2 Å². The highest BCUT2D eigenvalue weighted by atomic mass is 35.5. The third-order valence-electron chi connectivity index (χ3n) is 4.62. The Balaban J connectivity index is 1.84. The summed E-state index contributed by atoms with van der Waals surface area (Å²) in [6, 6.07) is 14.5. The maximum Gasteiger partial charge on any atom is 0.416 e. The summed E-state index contributed by atoms with van der Waals surface area (Å²) in [6.45, 7) is 2.29. The summed E-state index contributed by atoms with van der Waals surface area (Å²) < 4.78 is 55.8. The van der Waals surface area contributed by atoms with E-state index in [2.05, 4.69) is 5.32 Å². The molecule has 5 nitrogen and oxygen atoms in total. The summed E-state index contributed by atoms with van der Waals surface area (Å²) in [4.78, 5) is 12.8. The van der Waals surface area contributed by atoms with Crippen molar-refractivity contribution in [2.45, 2.75) is 19.7 Å².